The van der Waals surface area contributed by atoms with Gasteiger partial charge in [0.05, 0.1) is 46.2 Å². The average molecular weight is 687 g/mol. The number of hydrogen-bond acceptors (Lipinski definition) is 12. The van der Waals surface area contributed by atoms with Gasteiger partial charge in [0.1, 0.15) is 0 Å². The standard InChI is InChI=1S/C36H46N8O6/c1-2-20-47-24-25-48-22-18-38-33(46)29-13-15-31(16-14-29)41-36-43-34(42-35(44-36)40-30-11-7-4-8-12-30)39-19-23-50-27-26-49-21-17-37-32(45)28-9-5-3-6-10-28/h3-16H,2,17-27H2,1H3,(H,37,45)(H,38,46)(H3,39,40,41,42,43,44). The number of benzene rings is 3. The van der Waals surface area contributed by atoms with E-state index in [1.54, 1.807) is 36.4 Å². The zero-order valence-corrected chi connectivity index (χ0v) is 28.4. The van der Waals surface area contributed by atoms with Gasteiger partial charge >= 0.3 is 0 Å². The van der Waals surface area contributed by atoms with E-state index in [0.717, 1.165) is 18.7 Å². The summed E-state index contributed by atoms with van der Waals surface area (Å²) in [6, 6.07) is 25.6. The number of ether oxygens (including phenoxy) is 4. The quantitative estimate of drug-likeness (QED) is 0.0660. The lowest BCUT2D eigenvalue weighted by atomic mass is 10.2. The summed E-state index contributed by atoms with van der Waals surface area (Å²) >= 11 is 0. The normalized spacial score (nSPS) is 10.7. The van der Waals surface area contributed by atoms with Crippen molar-refractivity contribution in [1.29, 1.82) is 0 Å². The predicted molar refractivity (Wildman–Crippen MR) is 192 cm³/mol. The third-order valence-electron chi connectivity index (χ3n) is 6.79. The van der Waals surface area contributed by atoms with Gasteiger partial charge in [0.15, 0.2) is 0 Å². The Labute approximate surface area is 292 Å². The van der Waals surface area contributed by atoms with Crippen molar-refractivity contribution in [2.75, 3.05) is 88.4 Å². The fourth-order valence-electron chi connectivity index (χ4n) is 4.34. The first-order valence-electron chi connectivity index (χ1n) is 16.7. The third kappa shape index (κ3) is 14.5. The zero-order chi connectivity index (χ0) is 35.1. The Hall–Kier alpha value is -5.15. The van der Waals surface area contributed by atoms with Crippen molar-refractivity contribution in [3.8, 4) is 0 Å². The summed E-state index contributed by atoms with van der Waals surface area (Å²) in [5.74, 6) is 0.691. The van der Waals surface area contributed by atoms with Crippen LogP contribution in [0.25, 0.3) is 0 Å². The largest absolute Gasteiger partial charge is 0.379 e. The number of carbonyl (C=O) groups is 2. The van der Waals surface area contributed by atoms with Crippen LogP contribution in [0.2, 0.25) is 0 Å². The fourth-order valence-corrected chi connectivity index (χ4v) is 4.34. The summed E-state index contributed by atoms with van der Waals surface area (Å²) in [6.45, 7) is 7.07. The Morgan fingerprint density at radius 1 is 0.500 bits per heavy atom. The van der Waals surface area contributed by atoms with Crippen molar-refractivity contribution in [3.63, 3.8) is 0 Å². The number of anilines is 5. The van der Waals surface area contributed by atoms with Gasteiger partial charge in [-0.15, -0.1) is 0 Å². The fraction of sp³-hybridized carbons (Fsp3) is 0.361. The molecule has 0 bridgehead atoms. The molecule has 50 heavy (non-hydrogen) atoms. The number of amides is 2. The van der Waals surface area contributed by atoms with Crippen LogP contribution in [-0.2, 0) is 18.9 Å². The molecule has 1 aromatic heterocycles. The molecule has 0 saturated carbocycles. The summed E-state index contributed by atoms with van der Waals surface area (Å²) in [6.07, 6.45) is 0.973. The van der Waals surface area contributed by atoms with Crippen molar-refractivity contribution in [2.45, 2.75) is 13.3 Å². The number of hydrogen-bond donors (Lipinski definition) is 5. The zero-order valence-electron chi connectivity index (χ0n) is 28.4. The van der Waals surface area contributed by atoms with Crippen LogP contribution in [0.5, 0.6) is 0 Å². The lowest BCUT2D eigenvalue weighted by Gasteiger charge is -2.12. The average Bonchev–Trinajstić information content (AvgIpc) is 3.14. The molecule has 0 aliphatic heterocycles. The second-order valence-electron chi connectivity index (χ2n) is 10.8. The molecular formula is C36H46N8O6. The minimum atomic E-state index is -0.190. The van der Waals surface area contributed by atoms with E-state index in [0.29, 0.717) is 101 Å². The third-order valence-corrected chi connectivity index (χ3v) is 6.79. The van der Waals surface area contributed by atoms with E-state index >= 15 is 0 Å². The predicted octanol–water partition coefficient (Wildman–Crippen LogP) is 4.41. The van der Waals surface area contributed by atoms with Crippen LogP contribution in [0.15, 0.2) is 84.9 Å². The van der Waals surface area contributed by atoms with Gasteiger partial charge in [-0.25, -0.2) is 0 Å². The van der Waals surface area contributed by atoms with Gasteiger partial charge < -0.3 is 45.5 Å². The van der Waals surface area contributed by atoms with Gasteiger partial charge in [0.25, 0.3) is 11.8 Å². The number of para-hydroxylation sites is 1. The molecule has 1 heterocycles. The van der Waals surface area contributed by atoms with Crippen LogP contribution in [0, 0.1) is 0 Å². The molecule has 0 unspecified atom stereocenters. The first-order valence-corrected chi connectivity index (χ1v) is 16.7. The molecule has 0 fully saturated rings. The molecule has 0 saturated heterocycles. The Morgan fingerprint density at radius 2 is 0.940 bits per heavy atom. The number of rotatable bonds is 24. The van der Waals surface area contributed by atoms with Gasteiger partial charge in [-0.1, -0.05) is 43.3 Å². The summed E-state index contributed by atoms with van der Waals surface area (Å²) in [5, 5.41) is 15.2. The number of nitrogens with zero attached hydrogens (tertiary/aromatic N) is 3. The molecule has 3 aromatic carbocycles. The van der Waals surface area contributed by atoms with Gasteiger partial charge in [-0.3, -0.25) is 9.59 Å². The van der Waals surface area contributed by atoms with E-state index in [1.165, 1.54) is 0 Å². The summed E-state index contributed by atoms with van der Waals surface area (Å²) in [4.78, 5) is 38.1. The van der Waals surface area contributed by atoms with E-state index < -0.39 is 0 Å². The first-order chi connectivity index (χ1) is 24.6. The van der Waals surface area contributed by atoms with Crippen LogP contribution in [0.1, 0.15) is 34.1 Å². The molecule has 0 radical (unpaired) electrons. The van der Waals surface area contributed by atoms with Crippen molar-refractivity contribution >= 4 is 41.0 Å². The molecule has 2 amide bonds. The minimum Gasteiger partial charge on any atom is -0.379 e. The van der Waals surface area contributed by atoms with Gasteiger partial charge in [0.2, 0.25) is 17.8 Å². The van der Waals surface area contributed by atoms with E-state index in [9.17, 15) is 9.59 Å². The topological polar surface area (TPSA) is 170 Å². The highest BCUT2D eigenvalue weighted by molar-refractivity contribution is 5.94. The molecular weight excluding hydrogens is 640 g/mol. The molecule has 5 N–H and O–H groups in total. The van der Waals surface area contributed by atoms with Crippen molar-refractivity contribution in [1.82, 2.24) is 25.6 Å². The van der Waals surface area contributed by atoms with Crippen LogP contribution in [0.3, 0.4) is 0 Å². The van der Waals surface area contributed by atoms with Crippen molar-refractivity contribution in [2.24, 2.45) is 0 Å². The minimum absolute atomic E-state index is 0.129. The van der Waals surface area contributed by atoms with Gasteiger partial charge in [-0.2, -0.15) is 15.0 Å². The Balaban J connectivity index is 1.19. The van der Waals surface area contributed by atoms with Crippen LogP contribution >= 0.6 is 0 Å². The monoisotopic (exact) mass is 686 g/mol. The van der Waals surface area contributed by atoms with E-state index in [1.807, 2.05) is 48.5 Å². The lowest BCUT2D eigenvalue weighted by molar-refractivity contribution is 0.0485. The Bertz CT molecular complexity index is 1550. The maximum atomic E-state index is 12.6. The van der Waals surface area contributed by atoms with Crippen molar-refractivity contribution < 1.29 is 28.5 Å². The number of nitrogens with one attached hydrogen (secondary N) is 5. The maximum absolute atomic E-state index is 12.6. The van der Waals surface area contributed by atoms with E-state index in [-0.39, 0.29) is 11.8 Å². The van der Waals surface area contributed by atoms with Gasteiger partial charge in [0, 0.05) is 48.7 Å². The van der Waals surface area contributed by atoms with E-state index in [4.69, 9.17) is 18.9 Å². The highest BCUT2D eigenvalue weighted by Crippen LogP contribution is 2.19. The SMILES string of the molecule is CCCOCCOCCNC(=O)c1ccc(Nc2nc(NCCOCCOCCNC(=O)c3ccccc3)nc(Nc3ccccc3)n2)cc1. The summed E-state index contributed by atoms with van der Waals surface area (Å²) in [7, 11) is 0. The second kappa shape index (κ2) is 22.5. The number of aromatic nitrogens is 3. The molecule has 0 aliphatic rings. The highest BCUT2D eigenvalue weighted by Gasteiger charge is 2.10. The molecule has 0 spiro atoms. The highest BCUT2D eigenvalue weighted by atomic mass is 16.5. The Morgan fingerprint density at radius 3 is 1.48 bits per heavy atom. The number of carbonyl (C=O) groups excluding carboxylic acids is 2. The second-order valence-corrected chi connectivity index (χ2v) is 10.8. The summed E-state index contributed by atoms with van der Waals surface area (Å²) in [5.41, 5.74) is 2.66. The molecule has 4 rings (SSSR count). The van der Waals surface area contributed by atoms with E-state index in [2.05, 4.69) is 48.5 Å². The van der Waals surface area contributed by atoms with Crippen LogP contribution in [0.4, 0.5) is 29.2 Å². The van der Waals surface area contributed by atoms with Crippen LogP contribution < -0.4 is 26.6 Å². The molecule has 0 aliphatic carbocycles. The molecule has 14 nitrogen and oxygen atoms in total. The molecule has 14 heteroatoms. The lowest BCUT2D eigenvalue weighted by Crippen LogP contribution is -2.27. The molecule has 0 atom stereocenters. The molecule has 4 aromatic rings. The smallest absolute Gasteiger partial charge is 0.251 e. The Kier molecular flexibility index (Phi) is 16.9. The maximum Gasteiger partial charge on any atom is 0.251 e. The first kappa shape index (κ1) is 37.7. The summed E-state index contributed by atoms with van der Waals surface area (Å²) < 4.78 is 22.1. The van der Waals surface area contributed by atoms with Gasteiger partial charge in [-0.05, 0) is 55.0 Å². The van der Waals surface area contributed by atoms with Crippen molar-refractivity contribution in [3.05, 3.63) is 96.1 Å². The van der Waals surface area contributed by atoms with Crippen LogP contribution in [-0.4, -0.2) is 99.3 Å². The molecule has 266 valence electrons.